The van der Waals surface area contributed by atoms with Crippen molar-refractivity contribution < 1.29 is 23.0 Å². The average molecular weight is 332 g/mol. The highest BCUT2D eigenvalue weighted by Gasteiger charge is 2.30. The minimum atomic E-state index is -4.36. The molecule has 0 aliphatic heterocycles. The van der Waals surface area contributed by atoms with E-state index < -0.39 is 17.8 Å². The summed E-state index contributed by atoms with van der Waals surface area (Å²) in [6, 6.07) is 4.37. The van der Waals surface area contributed by atoms with Gasteiger partial charge in [-0.3, -0.25) is 4.98 Å². The summed E-state index contributed by atoms with van der Waals surface area (Å²) in [4.78, 5) is 4.98. The summed E-state index contributed by atoms with van der Waals surface area (Å²) in [5.74, 6) is 0.287. The highest BCUT2D eigenvalue weighted by atomic mass is 32.1. The van der Waals surface area contributed by atoms with E-state index in [9.17, 15) is 18.3 Å². The number of aliphatic hydroxyl groups excluding tert-OH is 1. The maximum atomic E-state index is 12.4. The fraction of sp³-hybridized carbons (Fsp3) is 0.357. The van der Waals surface area contributed by atoms with E-state index in [1.807, 2.05) is 0 Å². The van der Waals surface area contributed by atoms with Crippen LogP contribution in [0.1, 0.15) is 10.4 Å². The van der Waals surface area contributed by atoms with Crippen molar-refractivity contribution in [3.8, 4) is 5.75 Å². The molecular formula is C14H15F3N2O2S. The number of hydrogen-bond donors (Lipinski definition) is 2. The molecule has 1 unspecified atom stereocenters. The quantitative estimate of drug-likeness (QED) is 0.819. The molecule has 2 aromatic rings. The highest BCUT2D eigenvalue weighted by Crippen LogP contribution is 2.30. The van der Waals surface area contributed by atoms with Crippen molar-refractivity contribution >= 4 is 11.3 Å². The number of rotatable bonds is 7. The van der Waals surface area contributed by atoms with E-state index >= 15 is 0 Å². The van der Waals surface area contributed by atoms with Crippen LogP contribution < -0.4 is 10.1 Å². The van der Waals surface area contributed by atoms with Crippen molar-refractivity contribution in [1.82, 2.24) is 10.3 Å². The van der Waals surface area contributed by atoms with Crippen molar-refractivity contribution in [2.24, 2.45) is 0 Å². The fourth-order valence-corrected chi connectivity index (χ4v) is 2.25. The lowest BCUT2D eigenvalue weighted by Crippen LogP contribution is -2.31. The summed E-state index contributed by atoms with van der Waals surface area (Å²) in [5.41, 5.74) is 0.993. The maximum Gasteiger partial charge on any atom is 0.416 e. The molecule has 0 bridgehead atoms. The van der Waals surface area contributed by atoms with Crippen LogP contribution in [-0.4, -0.2) is 29.3 Å². The minimum Gasteiger partial charge on any atom is -0.491 e. The predicted octanol–water partition coefficient (Wildman–Crippen LogP) is 2.69. The number of thiazole rings is 1. The summed E-state index contributed by atoms with van der Waals surface area (Å²) in [7, 11) is 0. The zero-order valence-corrected chi connectivity index (χ0v) is 12.3. The van der Waals surface area contributed by atoms with Crippen LogP contribution in [0.4, 0.5) is 13.2 Å². The number of nitrogens with one attached hydrogen (secondary N) is 1. The third-order valence-electron chi connectivity index (χ3n) is 2.79. The van der Waals surface area contributed by atoms with Crippen molar-refractivity contribution in [2.75, 3.05) is 13.2 Å². The van der Waals surface area contributed by atoms with Crippen molar-refractivity contribution in [2.45, 2.75) is 18.8 Å². The Hall–Kier alpha value is -1.64. The van der Waals surface area contributed by atoms with Crippen LogP contribution in [0.15, 0.2) is 36.0 Å². The van der Waals surface area contributed by atoms with E-state index in [1.54, 1.807) is 11.7 Å². The van der Waals surface area contributed by atoms with Crippen LogP contribution in [0, 0.1) is 0 Å². The van der Waals surface area contributed by atoms with E-state index in [0.29, 0.717) is 13.1 Å². The molecule has 2 rings (SSSR count). The third kappa shape index (κ3) is 5.28. The Morgan fingerprint density at radius 1 is 1.27 bits per heavy atom. The molecule has 1 aromatic heterocycles. The molecule has 1 aromatic carbocycles. The Bertz CT molecular complexity index is 558. The lowest BCUT2D eigenvalue weighted by molar-refractivity contribution is -0.137. The second-order valence-corrected chi connectivity index (χ2v) is 5.56. The van der Waals surface area contributed by atoms with Crippen molar-refractivity contribution in [3.63, 3.8) is 0 Å². The van der Waals surface area contributed by atoms with Gasteiger partial charge in [0.25, 0.3) is 0 Å². The molecule has 0 saturated carbocycles. The average Bonchev–Trinajstić information content (AvgIpc) is 2.98. The first-order valence-electron chi connectivity index (χ1n) is 6.51. The lowest BCUT2D eigenvalue weighted by atomic mass is 10.2. The van der Waals surface area contributed by atoms with Gasteiger partial charge in [-0.05, 0) is 24.3 Å². The number of benzene rings is 1. The Morgan fingerprint density at radius 2 is 2.00 bits per heavy atom. The van der Waals surface area contributed by atoms with Gasteiger partial charge in [0, 0.05) is 24.2 Å². The molecule has 1 atom stereocenters. The number of aliphatic hydroxyl groups is 1. The molecule has 120 valence electrons. The van der Waals surface area contributed by atoms with E-state index in [2.05, 4.69) is 10.3 Å². The molecule has 0 amide bonds. The van der Waals surface area contributed by atoms with Crippen LogP contribution in [-0.2, 0) is 12.7 Å². The monoisotopic (exact) mass is 332 g/mol. The molecule has 8 heteroatoms. The van der Waals surface area contributed by atoms with Crippen LogP contribution in [0.3, 0.4) is 0 Å². The molecule has 1 heterocycles. The summed E-state index contributed by atoms with van der Waals surface area (Å²) >= 11 is 1.51. The van der Waals surface area contributed by atoms with E-state index in [-0.39, 0.29) is 12.4 Å². The topological polar surface area (TPSA) is 54.4 Å². The zero-order chi connectivity index (χ0) is 16.0. The van der Waals surface area contributed by atoms with Crippen LogP contribution in [0.2, 0.25) is 0 Å². The first kappa shape index (κ1) is 16.7. The van der Waals surface area contributed by atoms with Gasteiger partial charge in [-0.15, -0.1) is 11.3 Å². The van der Waals surface area contributed by atoms with Crippen LogP contribution in [0.25, 0.3) is 0 Å². The molecule has 22 heavy (non-hydrogen) atoms. The van der Waals surface area contributed by atoms with Gasteiger partial charge < -0.3 is 15.2 Å². The number of aromatic nitrogens is 1. The second kappa shape index (κ2) is 7.57. The fourth-order valence-electron chi connectivity index (χ4n) is 1.68. The van der Waals surface area contributed by atoms with Gasteiger partial charge in [-0.25, -0.2) is 0 Å². The van der Waals surface area contributed by atoms with E-state index in [4.69, 9.17) is 4.74 Å². The molecule has 2 N–H and O–H groups in total. The van der Waals surface area contributed by atoms with Gasteiger partial charge in [-0.2, -0.15) is 13.2 Å². The third-order valence-corrected chi connectivity index (χ3v) is 3.57. The summed E-state index contributed by atoms with van der Waals surface area (Å²) < 4.78 is 42.4. The second-order valence-electron chi connectivity index (χ2n) is 4.59. The Balaban J connectivity index is 1.70. The smallest absolute Gasteiger partial charge is 0.416 e. The lowest BCUT2D eigenvalue weighted by Gasteiger charge is -2.13. The van der Waals surface area contributed by atoms with Crippen molar-refractivity contribution in [3.05, 3.63) is 46.4 Å². The summed E-state index contributed by atoms with van der Waals surface area (Å²) in [5, 5.41) is 12.8. The zero-order valence-electron chi connectivity index (χ0n) is 11.5. The Kier molecular flexibility index (Phi) is 5.76. The maximum absolute atomic E-state index is 12.4. The molecule has 0 aliphatic rings. The first-order valence-corrected chi connectivity index (χ1v) is 7.39. The molecular weight excluding hydrogens is 317 g/mol. The normalized spacial score (nSPS) is 13.1. The predicted molar refractivity (Wildman–Crippen MR) is 76.8 cm³/mol. The highest BCUT2D eigenvalue weighted by molar-refractivity contribution is 7.09. The van der Waals surface area contributed by atoms with Gasteiger partial charge in [0.05, 0.1) is 11.1 Å². The molecule has 4 nitrogen and oxygen atoms in total. The molecule has 0 aliphatic carbocycles. The number of halogens is 3. The number of nitrogens with zero attached hydrogens (tertiary/aromatic N) is 1. The van der Waals surface area contributed by atoms with Gasteiger partial charge in [-0.1, -0.05) is 0 Å². The summed E-state index contributed by atoms with van der Waals surface area (Å²) in [6.07, 6.45) is -3.38. The standard InChI is InChI=1S/C14H15F3N2O2S/c15-14(16,17)10-1-3-12(4-2-10)21-8-11(20)5-18-6-13-7-19-9-22-13/h1-4,7,9,11,18,20H,5-6,8H2. The number of alkyl halides is 3. The van der Waals surface area contributed by atoms with Crippen LogP contribution in [0.5, 0.6) is 5.75 Å². The molecule has 0 fully saturated rings. The minimum absolute atomic E-state index is 0.00105. The number of ether oxygens (including phenoxy) is 1. The SMILES string of the molecule is OC(CNCc1cncs1)COc1ccc(C(F)(F)F)cc1. The largest absolute Gasteiger partial charge is 0.491 e. The summed E-state index contributed by atoms with van der Waals surface area (Å²) in [6.45, 7) is 0.918. The van der Waals surface area contributed by atoms with Gasteiger partial charge >= 0.3 is 6.18 Å². The van der Waals surface area contributed by atoms with Gasteiger partial charge in [0.1, 0.15) is 18.5 Å². The molecule has 0 saturated heterocycles. The van der Waals surface area contributed by atoms with E-state index in [0.717, 1.165) is 17.0 Å². The first-order chi connectivity index (χ1) is 10.4. The Morgan fingerprint density at radius 3 is 2.59 bits per heavy atom. The van der Waals surface area contributed by atoms with Gasteiger partial charge in [0.2, 0.25) is 0 Å². The molecule has 0 radical (unpaired) electrons. The Labute approximate surface area is 129 Å². The van der Waals surface area contributed by atoms with Gasteiger partial charge in [0.15, 0.2) is 0 Å². The van der Waals surface area contributed by atoms with Crippen molar-refractivity contribution in [1.29, 1.82) is 0 Å². The number of hydrogen-bond acceptors (Lipinski definition) is 5. The molecule has 0 spiro atoms. The van der Waals surface area contributed by atoms with E-state index in [1.165, 1.54) is 23.5 Å². The van der Waals surface area contributed by atoms with Crippen LogP contribution >= 0.6 is 11.3 Å².